The SMILES string of the molecule is CC(C)C(CC(=O)O)NC(=O)C[C@H]1CC[C@@H](NC(=O)OCC2c3ccccc3-c3ccccc32)C1. The lowest BCUT2D eigenvalue weighted by molar-refractivity contribution is -0.138. The van der Waals surface area contributed by atoms with Gasteiger partial charge in [0, 0.05) is 24.4 Å². The molecule has 2 amide bonds. The second-order valence-electron chi connectivity index (χ2n) is 10.1. The molecule has 0 spiro atoms. The van der Waals surface area contributed by atoms with Crippen molar-refractivity contribution in [1.29, 1.82) is 0 Å². The van der Waals surface area contributed by atoms with Gasteiger partial charge in [0.05, 0.1) is 6.42 Å². The Morgan fingerprint density at radius 3 is 2.23 bits per heavy atom. The molecule has 7 nitrogen and oxygen atoms in total. The molecule has 4 rings (SSSR count). The molecule has 0 bridgehead atoms. The van der Waals surface area contributed by atoms with Crippen molar-refractivity contribution >= 4 is 18.0 Å². The van der Waals surface area contributed by atoms with E-state index in [0.717, 1.165) is 12.8 Å². The van der Waals surface area contributed by atoms with Crippen molar-refractivity contribution in [3.8, 4) is 11.1 Å². The standard InChI is InChI=1S/C28H34N2O5/c1-17(2)25(15-27(32)33)30-26(31)14-18-11-12-19(13-18)29-28(34)35-16-24-22-9-5-3-7-20(22)21-8-4-6-10-23(21)24/h3-10,17-19,24-25H,11-16H2,1-2H3,(H,29,34)(H,30,31)(H,32,33)/t18-,19+,25?/m0/s1. The molecule has 0 aromatic heterocycles. The summed E-state index contributed by atoms with van der Waals surface area (Å²) in [6, 6.07) is 16.1. The predicted octanol–water partition coefficient (Wildman–Crippen LogP) is 4.70. The number of carbonyl (C=O) groups excluding carboxylic acids is 2. The number of alkyl carbamates (subject to hydrolysis) is 1. The second kappa shape index (κ2) is 10.9. The molecule has 1 saturated carbocycles. The van der Waals surface area contributed by atoms with E-state index in [2.05, 4.69) is 34.9 Å². The van der Waals surface area contributed by atoms with E-state index in [1.807, 2.05) is 38.1 Å². The van der Waals surface area contributed by atoms with Gasteiger partial charge in [-0.2, -0.15) is 0 Å². The van der Waals surface area contributed by atoms with Crippen molar-refractivity contribution in [3.63, 3.8) is 0 Å². The molecule has 1 unspecified atom stereocenters. The third-order valence-corrected chi connectivity index (χ3v) is 7.23. The van der Waals surface area contributed by atoms with Gasteiger partial charge in [0.1, 0.15) is 6.61 Å². The van der Waals surface area contributed by atoms with Crippen LogP contribution in [-0.2, 0) is 14.3 Å². The minimum Gasteiger partial charge on any atom is -0.481 e. The number of benzene rings is 2. The molecular weight excluding hydrogens is 444 g/mol. The molecule has 3 atom stereocenters. The summed E-state index contributed by atoms with van der Waals surface area (Å²) in [6.45, 7) is 4.08. The van der Waals surface area contributed by atoms with E-state index in [1.54, 1.807) is 0 Å². The highest BCUT2D eigenvalue weighted by Gasteiger charge is 2.31. The Hall–Kier alpha value is -3.35. The summed E-state index contributed by atoms with van der Waals surface area (Å²) in [6.07, 6.45) is 2.18. The maximum absolute atomic E-state index is 12.6. The van der Waals surface area contributed by atoms with Crippen LogP contribution in [-0.4, -0.2) is 41.8 Å². The minimum absolute atomic E-state index is 0.0212. The first-order chi connectivity index (χ1) is 16.8. The first-order valence-electron chi connectivity index (χ1n) is 12.4. The zero-order valence-corrected chi connectivity index (χ0v) is 20.3. The summed E-state index contributed by atoms with van der Waals surface area (Å²) in [5.41, 5.74) is 4.74. The number of amides is 2. The van der Waals surface area contributed by atoms with Gasteiger partial charge in [0.2, 0.25) is 5.91 Å². The van der Waals surface area contributed by atoms with Gasteiger partial charge in [0.25, 0.3) is 0 Å². The number of rotatable bonds is 9. The Bertz CT molecular complexity index is 1040. The van der Waals surface area contributed by atoms with Crippen LogP contribution in [0.4, 0.5) is 4.79 Å². The number of fused-ring (bicyclic) bond motifs is 3. The van der Waals surface area contributed by atoms with Gasteiger partial charge < -0.3 is 20.5 Å². The smallest absolute Gasteiger partial charge is 0.407 e. The highest BCUT2D eigenvalue weighted by atomic mass is 16.5. The molecule has 0 radical (unpaired) electrons. The Balaban J connectivity index is 1.24. The molecule has 1 fully saturated rings. The molecule has 35 heavy (non-hydrogen) atoms. The summed E-state index contributed by atoms with van der Waals surface area (Å²) in [5.74, 6) is -0.824. The van der Waals surface area contributed by atoms with Crippen molar-refractivity contribution in [1.82, 2.24) is 10.6 Å². The van der Waals surface area contributed by atoms with Crippen LogP contribution in [0, 0.1) is 11.8 Å². The number of hydrogen-bond donors (Lipinski definition) is 3. The number of carboxylic acids is 1. The lowest BCUT2D eigenvalue weighted by Crippen LogP contribution is -2.40. The Kier molecular flexibility index (Phi) is 7.73. The molecule has 186 valence electrons. The van der Waals surface area contributed by atoms with Gasteiger partial charge in [0.15, 0.2) is 0 Å². The highest BCUT2D eigenvalue weighted by molar-refractivity contribution is 5.79. The first-order valence-corrected chi connectivity index (χ1v) is 12.4. The fourth-order valence-corrected chi connectivity index (χ4v) is 5.37. The van der Waals surface area contributed by atoms with Crippen LogP contribution < -0.4 is 10.6 Å². The molecule has 0 saturated heterocycles. The van der Waals surface area contributed by atoms with E-state index in [1.165, 1.54) is 22.3 Å². The third kappa shape index (κ3) is 6.02. The monoisotopic (exact) mass is 478 g/mol. The zero-order chi connectivity index (χ0) is 24.9. The number of carboxylic acid groups (broad SMARTS) is 1. The first kappa shape index (κ1) is 24.8. The summed E-state index contributed by atoms with van der Waals surface area (Å²) in [7, 11) is 0. The topological polar surface area (TPSA) is 105 Å². The lowest BCUT2D eigenvalue weighted by Gasteiger charge is -2.21. The third-order valence-electron chi connectivity index (χ3n) is 7.23. The summed E-state index contributed by atoms with van der Waals surface area (Å²) in [4.78, 5) is 36.1. The van der Waals surface area contributed by atoms with Gasteiger partial charge in [-0.3, -0.25) is 9.59 Å². The molecule has 0 aliphatic heterocycles. The molecule has 3 N–H and O–H groups in total. The molecule has 7 heteroatoms. The van der Waals surface area contributed by atoms with Crippen molar-refractivity contribution in [2.24, 2.45) is 11.8 Å². The predicted molar refractivity (Wildman–Crippen MR) is 133 cm³/mol. The van der Waals surface area contributed by atoms with Gasteiger partial charge in [-0.1, -0.05) is 62.4 Å². The molecule has 2 aromatic rings. The zero-order valence-electron chi connectivity index (χ0n) is 20.3. The van der Waals surface area contributed by atoms with Crippen molar-refractivity contribution in [2.75, 3.05) is 6.61 Å². The fraction of sp³-hybridized carbons (Fsp3) is 0.464. The Morgan fingerprint density at radius 2 is 1.63 bits per heavy atom. The van der Waals surface area contributed by atoms with Crippen LogP contribution in [0.15, 0.2) is 48.5 Å². The van der Waals surface area contributed by atoms with Crippen molar-refractivity contribution in [2.45, 2.75) is 64.0 Å². The molecule has 2 aromatic carbocycles. The van der Waals surface area contributed by atoms with Gasteiger partial charge >= 0.3 is 12.1 Å². The number of nitrogens with one attached hydrogen (secondary N) is 2. The van der Waals surface area contributed by atoms with Crippen LogP contribution in [0.1, 0.15) is 63.0 Å². The normalized spacial score (nSPS) is 19.6. The van der Waals surface area contributed by atoms with Crippen molar-refractivity contribution in [3.05, 3.63) is 59.7 Å². The minimum atomic E-state index is -0.919. The lowest BCUT2D eigenvalue weighted by atomic mass is 9.98. The van der Waals surface area contributed by atoms with Gasteiger partial charge in [-0.15, -0.1) is 0 Å². The maximum atomic E-state index is 12.6. The Morgan fingerprint density at radius 1 is 1.00 bits per heavy atom. The largest absolute Gasteiger partial charge is 0.481 e. The number of aliphatic carboxylic acids is 1. The second-order valence-corrected chi connectivity index (χ2v) is 10.1. The van der Waals surface area contributed by atoms with Crippen LogP contribution in [0.2, 0.25) is 0 Å². The number of carbonyl (C=O) groups is 3. The average Bonchev–Trinajstić information content (AvgIpc) is 3.38. The van der Waals surface area contributed by atoms with Crippen LogP contribution in [0.3, 0.4) is 0 Å². The molecular formula is C28H34N2O5. The van der Waals surface area contributed by atoms with Gasteiger partial charge in [-0.25, -0.2) is 4.79 Å². The van der Waals surface area contributed by atoms with E-state index < -0.39 is 12.1 Å². The summed E-state index contributed by atoms with van der Waals surface area (Å²) >= 11 is 0. The summed E-state index contributed by atoms with van der Waals surface area (Å²) in [5, 5.41) is 14.9. The van der Waals surface area contributed by atoms with E-state index in [0.29, 0.717) is 12.8 Å². The fourth-order valence-electron chi connectivity index (χ4n) is 5.37. The van der Waals surface area contributed by atoms with E-state index >= 15 is 0 Å². The highest BCUT2D eigenvalue weighted by Crippen LogP contribution is 2.44. The van der Waals surface area contributed by atoms with E-state index in [9.17, 15) is 14.4 Å². The Labute approximate surface area is 206 Å². The number of hydrogen-bond acceptors (Lipinski definition) is 4. The van der Waals surface area contributed by atoms with E-state index in [4.69, 9.17) is 9.84 Å². The van der Waals surface area contributed by atoms with Crippen molar-refractivity contribution < 1.29 is 24.2 Å². The number of ether oxygens (including phenoxy) is 1. The maximum Gasteiger partial charge on any atom is 0.407 e. The quantitative estimate of drug-likeness (QED) is 0.485. The van der Waals surface area contributed by atoms with E-state index in [-0.39, 0.29) is 48.8 Å². The molecule has 2 aliphatic rings. The van der Waals surface area contributed by atoms with Gasteiger partial charge in [-0.05, 0) is 53.4 Å². The van der Waals surface area contributed by atoms with Crippen LogP contribution in [0.25, 0.3) is 11.1 Å². The summed E-state index contributed by atoms with van der Waals surface area (Å²) < 4.78 is 5.65. The van der Waals surface area contributed by atoms with Crippen LogP contribution >= 0.6 is 0 Å². The van der Waals surface area contributed by atoms with Crippen LogP contribution in [0.5, 0.6) is 0 Å². The molecule has 2 aliphatic carbocycles. The average molecular weight is 479 g/mol. The molecule has 0 heterocycles.